The Morgan fingerprint density at radius 1 is 1.04 bits per heavy atom. The fourth-order valence-corrected chi connectivity index (χ4v) is 2.79. The number of thiocarbonyl (C=S) groups is 1. The van der Waals surface area contributed by atoms with Gasteiger partial charge in [-0.05, 0) is 36.5 Å². The highest BCUT2D eigenvalue weighted by molar-refractivity contribution is 7.80. The standard InChI is InChI=1S/C19H25N3O2S/c1-22(2)18(14-7-5-9-16(11-14)23-3)13-20-19(25)21-15-8-6-10-17(12-15)24-4/h5-12,18H,13H2,1-4H3,(H2,20,21,25)/p+1/t18-/m1/s1. The summed E-state index contributed by atoms with van der Waals surface area (Å²) in [6, 6.07) is 16.1. The Morgan fingerprint density at radius 2 is 1.68 bits per heavy atom. The summed E-state index contributed by atoms with van der Waals surface area (Å²) < 4.78 is 10.6. The second-order valence-corrected chi connectivity index (χ2v) is 6.38. The highest BCUT2D eigenvalue weighted by Crippen LogP contribution is 2.18. The summed E-state index contributed by atoms with van der Waals surface area (Å²) in [6.07, 6.45) is 0. The predicted octanol–water partition coefficient (Wildman–Crippen LogP) is 1.88. The number of rotatable bonds is 7. The van der Waals surface area contributed by atoms with Crippen LogP contribution in [0.2, 0.25) is 0 Å². The molecule has 0 aromatic heterocycles. The minimum Gasteiger partial charge on any atom is -0.497 e. The van der Waals surface area contributed by atoms with Gasteiger partial charge in [0.05, 0.1) is 34.9 Å². The fraction of sp³-hybridized carbons (Fsp3) is 0.316. The zero-order chi connectivity index (χ0) is 18.2. The quantitative estimate of drug-likeness (QED) is 0.658. The van der Waals surface area contributed by atoms with Crippen LogP contribution in [0.3, 0.4) is 0 Å². The van der Waals surface area contributed by atoms with E-state index in [2.05, 4.69) is 36.9 Å². The molecule has 1 atom stereocenters. The Hall–Kier alpha value is -2.31. The van der Waals surface area contributed by atoms with Gasteiger partial charge in [-0.15, -0.1) is 0 Å². The topological polar surface area (TPSA) is 47.0 Å². The smallest absolute Gasteiger partial charge is 0.171 e. The average molecular weight is 361 g/mol. The molecule has 0 amide bonds. The molecule has 2 aromatic rings. The van der Waals surface area contributed by atoms with Crippen molar-refractivity contribution in [3.63, 3.8) is 0 Å². The SMILES string of the molecule is COc1cccc(NC(=S)NC[C@H](c2cccc(OC)c2)[NH+](C)C)c1. The molecule has 0 heterocycles. The highest BCUT2D eigenvalue weighted by Gasteiger charge is 2.18. The molecular formula is C19H26N3O2S+. The van der Waals surface area contributed by atoms with Crippen LogP contribution in [0.5, 0.6) is 11.5 Å². The first kappa shape index (κ1) is 19.0. The number of hydrogen-bond acceptors (Lipinski definition) is 3. The van der Waals surface area contributed by atoms with Crippen LogP contribution in [-0.2, 0) is 0 Å². The van der Waals surface area contributed by atoms with Crippen LogP contribution in [0.4, 0.5) is 5.69 Å². The highest BCUT2D eigenvalue weighted by atomic mass is 32.1. The van der Waals surface area contributed by atoms with E-state index in [1.807, 2.05) is 36.4 Å². The van der Waals surface area contributed by atoms with Crippen LogP contribution in [0, 0.1) is 0 Å². The van der Waals surface area contributed by atoms with Crippen LogP contribution in [0.15, 0.2) is 48.5 Å². The van der Waals surface area contributed by atoms with Gasteiger partial charge in [0.1, 0.15) is 17.5 Å². The number of likely N-dealkylation sites (N-methyl/N-ethyl adjacent to an activating group) is 1. The maximum absolute atomic E-state index is 5.42. The van der Waals surface area contributed by atoms with Crippen LogP contribution < -0.4 is 25.0 Å². The molecule has 2 aromatic carbocycles. The monoisotopic (exact) mass is 360 g/mol. The normalized spacial score (nSPS) is 11.7. The molecule has 134 valence electrons. The molecule has 6 heteroatoms. The Bertz CT molecular complexity index is 707. The molecule has 5 nitrogen and oxygen atoms in total. The lowest BCUT2D eigenvalue weighted by Gasteiger charge is -2.23. The fourth-order valence-electron chi connectivity index (χ4n) is 2.58. The number of anilines is 1. The zero-order valence-corrected chi connectivity index (χ0v) is 15.9. The van der Waals surface area contributed by atoms with Gasteiger partial charge < -0.3 is 25.0 Å². The summed E-state index contributed by atoms with van der Waals surface area (Å²) in [5.74, 6) is 1.65. The van der Waals surface area contributed by atoms with Gasteiger partial charge in [-0.1, -0.05) is 18.2 Å². The third-order valence-corrected chi connectivity index (χ3v) is 4.23. The van der Waals surface area contributed by atoms with Crippen molar-refractivity contribution in [2.75, 3.05) is 40.2 Å². The number of hydrogen-bond donors (Lipinski definition) is 3. The molecule has 3 N–H and O–H groups in total. The molecule has 0 radical (unpaired) electrons. The number of nitrogens with one attached hydrogen (secondary N) is 3. The molecule has 0 bridgehead atoms. The molecule has 2 rings (SSSR count). The molecular weight excluding hydrogens is 334 g/mol. The maximum Gasteiger partial charge on any atom is 0.171 e. The van der Waals surface area contributed by atoms with Gasteiger partial charge in [0.15, 0.2) is 5.11 Å². The molecule has 0 saturated carbocycles. The first-order valence-corrected chi connectivity index (χ1v) is 8.57. The molecule has 0 fully saturated rings. The van der Waals surface area contributed by atoms with Crippen molar-refractivity contribution in [1.82, 2.24) is 5.32 Å². The Balaban J connectivity index is 1.99. The van der Waals surface area contributed by atoms with Crippen LogP contribution in [0.1, 0.15) is 11.6 Å². The van der Waals surface area contributed by atoms with Gasteiger partial charge in [-0.25, -0.2) is 0 Å². The van der Waals surface area contributed by atoms with Crippen LogP contribution >= 0.6 is 12.2 Å². The number of quaternary nitrogens is 1. The summed E-state index contributed by atoms with van der Waals surface area (Å²) in [7, 11) is 7.59. The molecule has 25 heavy (non-hydrogen) atoms. The van der Waals surface area contributed by atoms with E-state index in [-0.39, 0.29) is 6.04 Å². The van der Waals surface area contributed by atoms with E-state index in [4.69, 9.17) is 21.7 Å². The van der Waals surface area contributed by atoms with Gasteiger partial charge in [-0.2, -0.15) is 0 Å². The third kappa shape index (κ3) is 5.62. The molecule has 0 unspecified atom stereocenters. The van der Waals surface area contributed by atoms with Crippen molar-refractivity contribution in [1.29, 1.82) is 0 Å². The van der Waals surface area contributed by atoms with Crippen molar-refractivity contribution in [3.8, 4) is 11.5 Å². The number of benzene rings is 2. The summed E-state index contributed by atoms with van der Waals surface area (Å²) in [5, 5.41) is 7.08. The van der Waals surface area contributed by atoms with Crippen molar-refractivity contribution in [3.05, 3.63) is 54.1 Å². The maximum atomic E-state index is 5.42. The lowest BCUT2D eigenvalue weighted by atomic mass is 10.1. The van der Waals surface area contributed by atoms with Gasteiger partial charge in [0, 0.05) is 17.3 Å². The van der Waals surface area contributed by atoms with Gasteiger partial charge in [-0.3, -0.25) is 0 Å². The summed E-state index contributed by atoms with van der Waals surface area (Å²) in [6.45, 7) is 0.714. The second-order valence-electron chi connectivity index (χ2n) is 5.97. The lowest BCUT2D eigenvalue weighted by Crippen LogP contribution is -3.07. The molecule has 0 saturated heterocycles. The summed E-state index contributed by atoms with van der Waals surface area (Å²) in [4.78, 5) is 1.31. The minimum atomic E-state index is 0.250. The van der Waals surface area contributed by atoms with E-state index >= 15 is 0 Å². The summed E-state index contributed by atoms with van der Waals surface area (Å²) >= 11 is 5.42. The Labute approximate surface area is 154 Å². The molecule has 0 spiro atoms. The van der Waals surface area contributed by atoms with E-state index in [0.29, 0.717) is 11.7 Å². The largest absolute Gasteiger partial charge is 0.497 e. The first-order valence-electron chi connectivity index (χ1n) is 8.16. The number of ether oxygens (including phenoxy) is 2. The van der Waals surface area contributed by atoms with E-state index in [1.165, 1.54) is 10.5 Å². The second kappa shape index (κ2) is 9.25. The van der Waals surface area contributed by atoms with E-state index in [0.717, 1.165) is 17.2 Å². The van der Waals surface area contributed by atoms with Gasteiger partial charge >= 0.3 is 0 Å². The van der Waals surface area contributed by atoms with Crippen molar-refractivity contribution >= 4 is 23.0 Å². The van der Waals surface area contributed by atoms with Gasteiger partial charge in [0.2, 0.25) is 0 Å². The molecule has 0 aliphatic rings. The molecule has 0 aliphatic heterocycles. The van der Waals surface area contributed by atoms with Crippen molar-refractivity contribution in [2.24, 2.45) is 0 Å². The Kier molecular flexibility index (Phi) is 7.03. The van der Waals surface area contributed by atoms with Crippen LogP contribution in [0.25, 0.3) is 0 Å². The van der Waals surface area contributed by atoms with E-state index in [1.54, 1.807) is 14.2 Å². The predicted molar refractivity (Wildman–Crippen MR) is 106 cm³/mol. The number of methoxy groups -OCH3 is 2. The average Bonchev–Trinajstić information content (AvgIpc) is 2.62. The van der Waals surface area contributed by atoms with E-state index in [9.17, 15) is 0 Å². The minimum absolute atomic E-state index is 0.250. The van der Waals surface area contributed by atoms with Crippen molar-refractivity contribution in [2.45, 2.75) is 6.04 Å². The van der Waals surface area contributed by atoms with Crippen LogP contribution in [-0.4, -0.2) is 40.0 Å². The summed E-state index contributed by atoms with van der Waals surface area (Å²) in [5.41, 5.74) is 2.10. The van der Waals surface area contributed by atoms with E-state index < -0.39 is 0 Å². The molecule has 0 aliphatic carbocycles. The Morgan fingerprint density at radius 3 is 2.32 bits per heavy atom. The lowest BCUT2D eigenvalue weighted by molar-refractivity contribution is -0.890. The van der Waals surface area contributed by atoms with Crippen molar-refractivity contribution < 1.29 is 14.4 Å². The van der Waals surface area contributed by atoms with Gasteiger partial charge in [0.25, 0.3) is 0 Å². The third-order valence-electron chi connectivity index (χ3n) is 3.99. The first-order chi connectivity index (χ1) is 12.0. The zero-order valence-electron chi connectivity index (χ0n) is 15.1.